The van der Waals surface area contributed by atoms with Gasteiger partial charge in [-0.25, -0.2) is 4.98 Å². The first kappa shape index (κ1) is 12.4. The van der Waals surface area contributed by atoms with Crippen LogP contribution in [0, 0.1) is 6.92 Å². The molecule has 2 rings (SSSR count). The summed E-state index contributed by atoms with van der Waals surface area (Å²) in [4.78, 5) is 8.27. The molecule has 4 nitrogen and oxygen atoms in total. The molecular weight excluding hydrogens is 224 g/mol. The lowest BCUT2D eigenvalue weighted by atomic mass is 10.0. The summed E-state index contributed by atoms with van der Waals surface area (Å²) in [5.74, 6) is 1.08. The lowest BCUT2D eigenvalue weighted by Crippen LogP contribution is -2.12. The highest BCUT2D eigenvalue weighted by Gasteiger charge is 2.09. The summed E-state index contributed by atoms with van der Waals surface area (Å²) in [5, 5.41) is 3.40. The molecule has 18 heavy (non-hydrogen) atoms. The predicted octanol–water partition coefficient (Wildman–Crippen LogP) is 2.93. The highest BCUT2D eigenvalue weighted by Crippen LogP contribution is 2.21. The number of nitrogens with one attached hydrogen (secondary N) is 1. The van der Waals surface area contributed by atoms with E-state index in [4.69, 9.17) is 5.73 Å². The summed E-state index contributed by atoms with van der Waals surface area (Å²) in [5.41, 5.74) is 7.77. The van der Waals surface area contributed by atoms with Crippen molar-refractivity contribution in [2.24, 2.45) is 0 Å². The van der Waals surface area contributed by atoms with Gasteiger partial charge < -0.3 is 11.1 Å². The first-order chi connectivity index (χ1) is 8.69. The molecule has 0 amide bonds. The number of aryl methyl sites for hydroxylation is 1. The summed E-state index contributed by atoms with van der Waals surface area (Å²) in [6, 6.07) is 12.5. The maximum atomic E-state index is 5.65. The number of nitrogens with zero attached hydrogens (tertiary/aromatic N) is 2. The van der Waals surface area contributed by atoms with Crippen LogP contribution in [0.1, 0.15) is 30.6 Å². The Morgan fingerprint density at radius 2 is 1.94 bits per heavy atom. The van der Waals surface area contributed by atoms with E-state index >= 15 is 0 Å². The Kier molecular flexibility index (Phi) is 3.77. The highest BCUT2D eigenvalue weighted by molar-refractivity contribution is 5.42. The van der Waals surface area contributed by atoms with Gasteiger partial charge in [0.15, 0.2) is 0 Å². The van der Waals surface area contributed by atoms with Gasteiger partial charge in [-0.05, 0) is 18.9 Å². The summed E-state index contributed by atoms with van der Waals surface area (Å²) >= 11 is 0. The van der Waals surface area contributed by atoms with Gasteiger partial charge in [-0.2, -0.15) is 4.98 Å². The van der Waals surface area contributed by atoms with Crippen molar-refractivity contribution < 1.29 is 0 Å². The lowest BCUT2D eigenvalue weighted by Gasteiger charge is -2.18. The van der Waals surface area contributed by atoms with Crippen molar-refractivity contribution in [1.82, 2.24) is 9.97 Å². The van der Waals surface area contributed by atoms with E-state index in [0.717, 1.165) is 17.9 Å². The Morgan fingerprint density at radius 3 is 2.56 bits per heavy atom. The van der Waals surface area contributed by atoms with Crippen LogP contribution in [0.3, 0.4) is 0 Å². The Balaban J connectivity index is 2.20. The van der Waals surface area contributed by atoms with Crippen LogP contribution in [0.4, 0.5) is 11.8 Å². The third-order valence-corrected chi connectivity index (χ3v) is 2.80. The second kappa shape index (κ2) is 5.49. The van der Waals surface area contributed by atoms with Gasteiger partial charge in [0.25, 0.3) is 0 Å². The molecule has 1 aromatic heterocycles. The van der Waals surface area contributed by atoms with Crippen LogP contribution in [-0.4, -0.2) is 9.97 Å². The molecule has 1 unspecified atom stereocenters. The van der Waals surface area contributed by atoms with Crippen molar-refractivity contribution in [3.8, 4) is 0 Å². The van der Waals surface area contributed by atoms with Crippen molar-refractivity contribution in [2.75, 3.05) is 11.1 Å². The van der Waals surface area contributed by atoms with Crippen molar-refractivity contribution in [2.45, 2.75) is 26.3 Å². The molecular formula is C14H18N4. The second-order valence-corrected chi connectivity index (χ2v) is 4.27. The maximum absolute atomic E-state index is 5.65. The Bertz CT molecular complexity index is 490. The number of nitrogen functional groups attached to an aromatic ring is 1. The molecule has 0 saturated heterocycles. The van der Waals surface area contributed by atoms with Gasteiger partial charge in [0.1, 0.15) is 5.82 Å². The molecule has 3 N–H and O–H groups in total. The second-order valence-electron chi connectivity index (χ2n) is 4.27. The number of hydrogen-bond donors (Lipinski definition) is 2. The summed E-state index contributed by atoms with van der Waals surface area (Å²) in [7, 11) is 0. The van der Waals surface area contributed by atoms with Gasteiger partial charge in [0.05, 0.1) is 6.04 Å². The number of rotatable bonds is 4. The molecule has 0 aliphatic rings. The van der Waals surface area contributed by atoms with Crippen molar-refractivity contribution in [1.29, 1.82) is 0 Å². The van der Waals surface area contributed by atoms with E-state index in [1.54, 1.807) is 0 Å². The number of hydrogen-bond acceptors (Lipinski definition) is 4. The molecule has 0 spiro atoms. The van der Waals surface area contributed by atoms with Gasteiger partial charge >= 0.3 is 0 Å². The van der Waals surface area contributed by atoms with Gasteiger partial charge in [0, 0.05) is 11.8 Å². The van der Waals surface area contributed by atoms with Gasteiger partial charge in [-0.3, -0.25) is 0 Å². The van der Waals surface area contributed by atoms with E-state index in [1.807, 2.05) is 31.2 Å². The number of nitrogens with two attached hydrogens (primary N) is 1. The molecule has 0 aliphatic heterocycles. The minimum absolute atomic E-state index is 0.236. The van der Waals surface area contributed by atoms with E-state index in [9.17, 15) is 0 Å². The first-order valence-corrected chi connectivity index (χ1v) is 6.11. The van der Waals surface area contributed by atoms with E-state index in [1.165, 1.54) is 5.56 Å². The molecule has 0 bridgehead atoms. The zero-order valence-corrected chi connectivity index (χ0v) is 10.7. The SMILES string of the molecule is CCC(Nc1cc(C)nc(N)n1)c1ccccc1. The highest BCUT2D eigenvalue weighted by atomic mass is 15.1. The van der Waals surface area contributed by atoms with Gasteiger partial charge in [-0.1, -0.05) is 37.3 Å². The fraction of sp³-hybridized carbons (Fsp3) is 0.286. The van der Waals surface area contributed by atoms with Crippen LogP contribution < -0.4 is 11.1 Å². The van der Waals surface area contributed by atoms with E-state index in [0.29, 0.717) is 5.95 Å². The molecule has 1 atom stereocenters. The average molecular weight is 242 g/mol. The van der Waals surface area contributed by atoms with Crippen LogP contribution in [0.15, 0.2) is 36.4 Å². The van der Waals surface area contributed by atoms with E-state index < -0.39 is 0 Å². The normalized spacial score (nSPS) is 12.1. The van der Waals surface area contributed by atoms with Gasteiger partial charge in [-0.15, -0.1) is 0 Å². The zero-order valence-electron chi connectivity index (χ0n) is 10.7. The lowest BCUT2D eigenvalue weighted by molar-refractivity contribution is 0.744. The molecule has 0 radical (unpaired) electrons. The minimum atomic E-state index is 0.236. The zero-order chi connectivity index (χ0) is 13.0. The fourth-order valence-corrected chi connectivity index (χ4v) is 1.95. The largest absolute Gasteiger partial charge is 0.368 e. The molecule has 94 valence electrons. The first-order valence-electron chi connectivity index (χ1n) is 6.11. The summed E-state index contributed by atoms with van der Waals surface area (Å²) < 4.78 is 0. The third-order valence-electron chi connectivity index (χ3n) is 2.80. The Hall–Kier alpha value is -2.10. The van der Waals surface area contributed by atoms with E-state index in [2.05, 4.69) is 34.3 Å². The molecule has 1 aromatic carbocycles. The van der Waals surface area contributed by atoms with Crippen LogP contribution in [-0.2, 0) is 0 Å². The van der Waals surface area contributed by atoms with E-state index in [-0.39, 0.29) is 6.04 Å². The molecule has 1 heterocycles. The topological polar surface area (TPSA) is 63.8 Å². The number of benzene rings is 1. The Labute approximate surface area is 107 Å². The van der Waals surface area contributed by atoms with Crippen molar-refractivity contribution in [3.05, 3.63) is 47.7 Å². The molecule has 0 fully saturated rings. The third kappa shape index (κ3) is 2.97. The molecule has 4 heteroatoms. The summed E-state index contributed by atoms with van der Waals surface area (Å²) in [6.45, 7) is 4.05. The smallest absolute Gasteiger partial charge is 0.222 e. The van der Waals surface area contributed by atoms with Crippen LogP contribution >= 0.6 is 0 Å². The maximum Gasteiger partial charge on any atom is 0.222 e. The van der Waals surface area contributed by atoms with Crippen LogP contribution in [0.25, 0.3) is 0 Å². The number of aromatic nitrogens is 2. The van der Waals surface area contributed by atoms with Crippen molar-refractivity contribution >= 4 is 11.8 Å². The molecule has 2 aromatic rings. The standard InChI is InChI=1S/C14H18N4/c1-3-12(11-7-5-4-6-8-11)17-13-9-10(2)16-14(15)18-13/h4-9,12H,3H2,1-2H3,(H3,15,16,17,18). The van der Waals surface area contributed by atoms with Crippen LogP contribution in [0.5, 0.6) is 0 Å². The molecule has 0 aliphatic carbocycles. The van der Waals surface area contributed by atoms with Gasteiger partial charge in [0.2, 0.25) is 5.95 Å². The predicted molar refractivity (Wildman–Crippen MR) is 74.3 cm³/mol. The monoisotopic (exact) mass is 242 g/mol. The minimum Gasteiger partial charge on any atom is -0.368 e. The molecule has 0 saturated carbocycles. The Morgan fingerprint density at radius 1 is 1.22 bits per heavy atom. The average Bonchev–Trinajstić information content (AvgIpc) is 2.36. The number of anilines is 2. The summed E-state index contributed by atoms with van der Waals surface area (Å²) in [6.07, 6.45) is 0.979. The fourth-order valence-electron chi connectivity index (χ4n) is 1.95. The van der Waals surface area contributed by atoms with Crippen LogP contribution in [0.2, 0.25) is 0 Å². The van der Waals surface area contributed by atoms with Crippen molar-refractivity contribution in [3.63, 3.8) is 0 Å². The quantitative estimate of drug-likeness (QED) is 0.865.